The van der Waals surface area contributed by atoms with E-state index in [1.807, 2.05) is 37.3 Å². The molecule has 0 fully saturated rings. The number of carbonyl (C=O) groups is 1. The Morgan fingerprint density at radius 1 is 1.39 bits per heavy atom. The van der Waals surface area contributed by atoms with E-state index < -0.39 is 0 Å². The quantitative estimate of drug-likeness (QED) is 0.689. The number of carbonyl (C=O) groups excluding carboxylic acids is 1. The highest BCUT2D eigenvalue weighted by atomic mass is 16.5. The second-order valence-electron chi connectivity index (χ2n) is 4.07. The van der Waals surface area contributed by atoms with Gasteiger partial charge in [0.2, 0.25) is 5.91 Å². The van der Waals surface area contributed by atoms with Gasteiger partial charge >= 0.3 is 0 Å². The second-order valence-corrected chi connectivity index (χ2v) is 4.07. The third-order valence-corrected chi connectivity index (χ3v) is 2.67. The van der Waals surface area contributed by atoms with Crippen LogP contribution < -0.4 is 11.1 Å². The molecule has 0 saturated heterocycles. The van der Waals surface area contributed by atoms with Crippen LogP contribution in [0.25, 0.3) is 0 Å². The van der Waals surface area contributed by atoms with E-state index in [1.165, 1.54) is 0 Å². The molecule has 18 heavy (non-hydrogen) atoms. The van der Waals surface area contributed by atoms with Crippen molar-refractivity contribution in [2.24, 2.45) is 5.73 Å². The van der Waals surface area contributed by atoms with Crippen molar-refractivity contribution < 1.29 is 9.53 Å². The molecule has 1 rings (SSSR count). The fourth-order valence-corrected chi connectivity index (χ4v) is 1.71. The van der Waals surface area contributed by atoms with Crippen LogP contribution in [0.2, 0.25) is 0 Å². The summed E-state index contributed by atoms with van der Waals surface area (Å²) in [7, 11) is 0. The first kappa shape index (κ1) is 14.7. The van der Waals surface area contributed by atoms with E-state index in [1.54, 1.807) is 0 Å². The van der Waals surface area contributed by atoms with Crippen molar-refractivity contribution in [3.63, 3.8) is 0 Å². The predicted octanol–water partition coefficient (Wildman–Crippen LogP) is 1.62. The second kappa shape index (κ2) is 8.66. The molecule has 4 heteroatoms. The molecule has 0 spiro atoms. The number of benzene rings is 1. The molecule has 1 aromatic rings. The molecule has 1 aromatic carbocycles. The Labute approximate surface area is 109 Å². The topological polar surface area (TPSA) is 64.3 Å². The fraction of sp³-hybridized carbons (Fsp3) is 0.500. The molecule has 0 aliphatic heterocycles. The lowest BCUT2D eigenvalue weighted by molar-refractivity contribution is -0.122. The minimum absolute atomic E-state index is 0.0222. The zero-order chi connectivity index (χ0) is 13.2. The van der Waals surface area contributed by atoms with Gasteiger partial charge in [-0.15, -0.1) is 0 Å². The maximum Gasteiger partial charge on any atom is 0.220 e. The molecule has 3 N–H and O–H groups in total. The number of nitrogens with two attached hydrogens (primary N) is 1. The summed E-state index contributed by atoms with van der Waals surface area (Å²) in [5.74, 6) is 0.0222. The fourth-order valence-electron chi connectivity index (χ4n) is 1.71. The Morgan fingerprint density at radius 2 is 2.11 bits per heavy atom. The minimum Gasteiger partial charge on any atom is -0.382 e. The Kier molecular flexibility index (Phi) is 7.06. The average Bonchev–Trinajstić information content (AvgIpc) is 2.42. The molecule has 4 nitrogen and oxygen atoms in total. The van der Waals surface area contributed by atoms with Gasteiger partial charge in [0, 0.05) is 26.2 Å². The van der Waals surface area contributed by atoms with Gasteiger partial charge < -0.3 is 15.8 Å². The van der Waals surface area contributed by atoms with Crippen molar-refractivity contribution in [1.82, 2.24) is 5.32 Å². The maximum absolute atomic E-state index is 11.7. The molecule has 1 atom stereocenters. The smallest absolute Gasteiger partial charge is 0.220 e. The van der Waals surface area contributed by atoms with E-state index in [0.717, 1.165) is 12.0 Å². The van der Waals surface area contributed by atoms with Gasteiger partial charge in [0.25, 0.3) is 0 Å². The van der Waals surface area contributed by atoms with E-state index in [4.69, 9.17) is 10.5 Å². The van der Waals surface area contributed by atoms with Crippen LogP contribution >= 0.6 is 0 Å². The van der Waals surface area contributed by atoms with Crippen LogP contribution in [0.3, 0.4) is 0 Å². The van der Waals surface area contributed by atoms with Crippen molar-refractivity contribution >= 4 is 5.91 Å². The van der Waals surface area contributed by atoms with Crippen LogP contribution in [-0.4, -0.2) is 25.7 Å². The number of nitrogens with one attached hydrogen (secondary N) is 1. The lowest BCUT2D eigenvalue weighted by Crippen LogP contribution is -2.33. The van der Waals surface area contributed by atoms with E-state index in [-0.39, 0.29) is 11.9 Å². The third-order valence-electron chi connectivity index (χ3n) is 2.67. The number of amides is 1. The molecular weight excluding hydrogens is 228 g/mol. The van der Waals surface area contributed by atoms with E-state index in [9.17, 15) is 4.79 Å². The lowest BCUT2D eigenvalue weighted by atomic mass is 10.1. The SMILES string of the molecule is CCOCCCC(=O)NC(CN)c1ccccc1. The zero-order valence-corrected chi connectivity index (χ0v) is 10.9. The molecule has 1 unspecified atom stereocenters. The van der Waals surface area contributed by atoms with Gasteiger partial charge in [0.05, 0.1) is 6.04 Å². The highest BCUT2D eigenvalue weighted by Gasteiger charge is 2.11. The zero-order valence-electron chi connectivity index (χ0n) is 10.9. The van der Waals surface area contributed by atoms with Gasteiger partial charge in [-0.25, -0.2) is 0 Å². The first-order chi connectivity index (χ1) is 8.77. The number of hydrogen-bond donors (Lipinski definition) is 2. The Bertz CT molecular complexity index is 341. The highest BCUT2D eigenvalue weighted by molar-refractivity contribution is 5.76. The largest absolute Gasteiger partial charge is 0.382 e. The summed E-state index contributed by atoms with van der Waals surface area (Å²) in [6.07, 6.45) is 1.22. The van der Waals surface area contributed by atoms with Gasteiger partial charge in [-0.05, 0) is 18.9 Å². The van der Waals surface area contributed by atoms with Crippen LogP contribution in [0.15, 0.2) is 30.3 Å². The van der Waals surface area contributed by atoms with Gasteiger partial charge in [0.1, 0.15) is 0 Å². The summed E-state index contributed by atoms with van der Waals surface area (Å²) in [4.78, 5) is 11.7. The van der Waals surface area contributed by atoms with Crippen molar-refractivity contribution in [1.29, 1.82) is 0 Å². The standard InChI is InChI=1S/C14H22N2O2/c1-2-18-10-6-9-14(17)16-13(11-15)12-7-4-3-5-8-12/h3-5,7-8,13H,2,6,9-11,15H2,1H3,(H,16,17). The molecule has 0 saturated carbocycles. The van der Waals surface area contributed by atoms with E-state index in [2.05, 4.69) is 5.32 Å². The van der Waals surface area contributed by atoms with Crippen LogP contribution in [0.1, 0.15) is 31.4 Å². The van der Waals surface area contributed by atoms with Gasteiger partial charge in [-0.1, -0.05) is 30.3 Å². The summed E-state index contributed by atoms with van der Waals surface area (Å²) in [6, 6.07) is 9.67. The van der Waals surface area contributed by atoms with Crippen molar-refractivity contribution in [3.8, 4) is 0 Å². The summed E-state index contributed by atoms with van der Waals surface area (Å²) in [5, 5.41) is 2.94. The number of ether oxygens (including phenoxy) is 1. The van der Waals surface area contributed by atoms with Crippen LogP contribution in [-0.2, 0) is 9.53 Å². The van der Waals surface area contributed by atoms with E-state index in [0.29, 0.717) is 26.2 Å². The molecule has 0 aromatic heterocycles. The summed E-state index contributed by atoms with van der Waals surface area (Å²) < 4.78 is 5.20. The van der Waals surface area contributed by atoms with E-state index >= 15 is 0 Å². The summed E-state index contributed by atoms with van der Waals surface area (Å²) >= 11 is 0. The van der Waals surface area contributed by atoms with Crippen LogP contribution in [0, 0.1) is 0 Å². The van der Waals surface area contributed by atoms with Crippen LogP contribution in [0.5, 0.6) is 0 Å². The normalized spacial score (nSPS) is 12.1. The maximum atomic E-state index is 11.7. The van der Waals surface area contributed by atoms with Crippen molar-refractivity contribution in [2.45, 2.75) is 25.8 Å². The summed E-state index contributed by atoms with van der Waals surface area (Å²) in [6.45, 7) is 3.67. The molecule has 100 valence electrons. The summed E-state index contributed by atoms with van der Waals surface area (Å²) in [5.41, 5.74) is 6.73. The molecule has 1 amide bonds. The Balaban J connectivity index is 2.37. The average molecular weight is 250 g/mol. The Morgan fingerprint density at radius 3 is 2.72 bits per heavy atom. The van der Waals surface area contributed by atoms with Gasteiger partial charge in [-0.2, -0.15) is 0 Å². The monoisotopic (exact) mass is 250 g/mol. The first-order valence-electron chi connectivity index (χ1n) is 6.40. The Hall–Kier alpha value is -1.39. The molecule has 0 radical (unpaired) electrons. The molecular formula is C14H22N2O2. The first-order valence-corrected chi connectivity index (χ1v) is 6.40. The highest BCUT2D eigenvalue weighted by Crippen LogP contribution is 2.11. The van der Waals surface area contributed by atoms with Crippen molar-refractivity contribution in [2.75, 3.05) is 19.8 Å². The molecule has 0 heterocycles. The molecule has 0 bridgehead atoms. The molecule has 0 aliphatic carbocycles. The van der Waals surface area contributed by atoms with Crippen LogP contribution in [0.4, 0.5) is 0 Å². The number of rotatable bonds is 8. The van der Waals surface area contributed by atoms with Gasteiger partial charge in [0.15, 0.2) is 0 Å². The van der Waals surface area contributed by atoms with Crippen molar-refractivity contribution in [3.05, 3.63) is 35.9 Å². The molecule has 0 aliphatic rings. The lowest BCUT2D eigenvalue weighted by Gasteiger charge is -2.17. The predicted molar refractivity (Wildman–Crippen MR) is 72.1 cm³/mol. The third kappa shape index (κ3) is 5.29. The minimum atomic E-state index is -0.106. The number of hydrogen-bond acceptors (Lipinski definition) is 3. The van der Waals surface area contributed by atoms with Gasteiger partial charge in [-0.3, -0.25) is 4.79 Å².